The third kappa shape index (κ3) is 6.12. The van der Waals surface area contributed by atoms with Crippen LogP contribution in [0.2, 0.25) is 0 Å². The van der Waals surface area contributed by atoms with Gasteiger partial charge >= 0.3 is 0 Å². The molecule has 1 rings (SSSR count). The number of nitrogens with two attached hydrogens (primary N) is 1. The van der Waals surface area contributed by atoms with E-state index in [0.29, 0.717) is 26.3 Å². The molecular formula is C15H24N2O4. The summed E-state index contributed by atoms with van der Waals surface area (Å²) in [6.45, 7) is 1.99. The molecule has 6 nitrogen and oxygen atoms in total. The van der Waals surface area contributed by atoms with Crippen molar-refractivity contribution in [1.82, 2.24) is 0 Å². The number of nitrogens with zero attached hydrogens (tertiary/aromatic N) is 1. The summed E-state index contributed by atoms with van der Waals surface area (Å²) in [5.74, 6) is 0.658. The van der Waals surface area contributed by atoms with Crippen LogP contribution in [0, 0.1) is 0 Å². The quantitative estimate of drug-likeness (QED) is 0.653. The van der Waals surface area contributed by atoms with Crippen molar-refractivity contribution < 1.29 is 19.0 Å². The number of ether oxygens (including phenoxy) is 3. The van der Waals surface area contributed by atoms with Gasteiger partial charge in [0.25, 0.3) is 5.91 Å². The average molecular weight is 296 g/mol. The summed E-state index contributed by atoms with van der Waals surface area (Å²) in [6, 6.07) is 7.35. The minimum absolute atomic E-state index is 0.0277. The van der Waals surface area contributed by atoms with E-state index >= 15 is 0 Å². The van der Waals surface area contributed by atoms with E-state index in [2.05, 4.69) is 0 Å². The number of carbonyl (C=O) groups excluding carboxylic acids is 1. The molecular weight excluding hydrogens is 272 g/mol. The fourth-order valence-electron chi connectivity index (χ4n) is 1.79. The van der Waals surface area contributed by atoms with Crippen LogP contribution in [-0.4, -0.2) is 53.0 Å². The molecule has 0 atom stereocenters. The predicted molar refractivity (Wildman–Crippen MR) is 81.7 cm³/mol. The highest BCUT2D eigenvalue weighted by molar-refractivity contribution is 5.94. The van der Waals surface area contributed by atoms with E-state index in [1.165, 1.54) is 0 Å². The molecule has 0 saturated carbocycles. The van der Waals surface area contributed by atoms with Crippen LogP contribution in [-0.2, 0) is 14.3 Å². The van der Waals surface area contributed by atoms with E-state index < -0.39 is 0 Å². The molecule has 0 aromatic heterocycles. The van der Waals surface area contributed by atoms with Crippen molar-refractivity contribution in [1.29, 1.82) is 0 Å². The molecule has 0 heterocycles. The van der Waals surface area contributed by atoms with Gasteiger partial charge in [0.2, 0.25) is 0 Å². The van der Waals surface area contributed by atoms with Crippen molar-refractivity contribution >= 4 is 11.6 Å². The molecule has 0 aliphatic carbocycles. The first-order chi connectivity index (χ1) is 10.2. The van der Waals surface area contributed by atoms with Crippen LogP contribution in [0.25, 0.3) is 0 Å². The van der Waals surface area contributed by atoms with Crippen LogP contribution in [0.5, 0.6) is 5.75 Å². The standard InChI is InChI=1S/C15H24N2O4/c1-19-10-11-21-12-15(18)17(9-3-8-16)13-4-6-14(20-2)7-5-13/h4-7H,3,8-12,16H2,1-2H3. The fourth-order valence-corrected chi connectivity index (χ4v) is 1.79. The molecule has 0 aliphatic rings. The van der Waals surface area contributed by atoms with Crippen molar-refractivity contribution in [2.45, 2.75) is 6.42 Å². The van der Waals surface area contributed by atoms with Crippen molar-refractivity contribution in [3.63, 3.8) is 0 Å². The SMILES string of the molecule is COCCOCC(=O)N(CCCN)c1ccc(OC)cc1. The molecule has 0 spiro atoms. The highest BCUT2D eigenvalue weighted by Gasteiger charge is 2.15. The third-order valence-corrected chi connectivity index (χ3v) is 2.93. The number of benzene rings is 1. The second-order valence-corrected chi connectivity index (χ2v) is 4.43. The first kappa shape index (κ1) is 17.4. The normalized spacial score (nSPS) is 10.4. The predicted octanol–water partition coefficient (Wildman–Crippen LogP) is 1.04. The first-order valence-corrected chi connectivity index (χ1v) is 6.94. The van der Waals surface area contributed by atoms with Crippen LogP contribution in [0.1, 0.15) is 6.42 Å². The second-order valence-electron chi connectivity index (χ2n) is 4.43. The fraction of sp³-hybridized carbons (Fsp3) is 0.533. The highest BCUT2D eigenvalue weighted by atomic mass is 16.5. The highest BCUT2D eigenvalue weighted by Crippen LogP contribution is 2.19. The van der Waals surface area contributed by atoms with Gasteiger partial charge in [0.1, 0.15) is 12.4 Å². The number of carbonyl (C=O) groups is 1. The molecule has 1 aromatic carbocycles. The number of anilines is 1. The summed E-state index contributed by atoms with van der Waals surface area (Å²) < 4.78 is 15.3. The van der Waals surface area contributed by atoms with Crippen molar-refractivity contribution in [3.05, 3.63) is 24.3 Å². The number of rotatable bonds is 10. The molecule has 0 saturated heterocycles. The Morgan fingerprint density at radius 3 is 2.48 bits per heavy atom. The first-order valence-electron chi connectivity index (χ1n) is 6.94. The molecule has 1 aromatic rings. The summed E-state index contributed by atoms with van der Waals surface area (Å²) >= 11 is 0. The van der Waals surface area contributed by atoms with Crippen molar-refractivity contribution in [2.24, 2.45) is 5.73 Å². The van der Waals surface area contributed by atoms with Crippen LogP contribution < -0.4 is 15.4 Å². The molecule has 21 heavy (non-hydrogen) atoms. The van der Waals surface area contributed by atoms with Gasteiger partial charge in [-0.2, -0.15) is 0 Å². The lowest BCUT2D eigenvalue weighted by Crippen LogP contribution is -2.36. The lowest BCUT2D eigenvalue weighted by atomic mass is 10.2. The van der Waals surface area contributed by atoms with Crippen molar-refractivity contribution in [3.8, 4) is 5.75 Å². The maximum absolute atomic E-state index is 12.3. The zero-order chi connectivity index (χ0) is 15.5. The maximum Gasteiger partial charge on any atom is 0.252 e. The smallest absolute Gasteiger partial charge is 0.252 e. The Hall–Kier alpha value is -1.63. The van der Waals surface area contributed by atoms with E-state index in [1.54, 1.807) is 19.1 Å². The molecule has 2 N–H and O–H groups in total. The van der Waals surface area contributed by atoms with Crippen LogP contribution in [0.4, 0.5) is 5.69 Å². The van der Waals surface area contributed by atoms with Gasteiger partial charge in [-0.05, 0) is 37.2 Å². The molecule has 0 aliphatic heterocycles. The van der Waals surface area contributed by atoms with Gasteiger partial charge in [0, 0.05) is 19.3 Å². The zero-order valence-electron chi connectivity index (χ0n) is 12.7. The minimum atomic E-state index is -0.0929. The summed E-state index contributed by atoms with van der Waals surface area (Å²) in [4.78, 5) is 13.9. The van der Waals surface area contributed by atoms with Gasteiger partial charge in [-0.1, -0.05) is 0 Å². The Balaban J connectivity index is 2.66. The van der Waals surface area contributed by atoms with E-state index in [-0.39, 0.29) is 12.5 Å². The summed E-state index contributed by atoms with van der Waals surface area (Å²) in [5.41, 5.74) is 6.34. The lowest BCUT2D eigenvalue weighted by Gasteiger charge is -2.23. The van der Waals surface area contributed by atoms with Crippen LogP contribution in [0.15, 0.2) is 24.3 Å². The molecule has 0 bridgehead atoms. The summed E-state index contributed by atoms with van der Waals surface area (Å²) in [5, 5.41) is 0. The summed E-state index contributed by atoms with van der Waals surface area (Å²) in [7, 11) is 3.20. The van der Waals surface area contributed by atoms with Gasteiger partial charge in [-0.15, -0.1) is 0 Å². The van der Waals surface area contributed by atoms with E-state index in [9.17, 15) is 4.79 Å². The second kappa shape index (κ2) is 10.1. The molecule has 0 radical (unpaired) electrons. The largest absolute Gasteiger partial charge is 0.497 e. The number of amides is 1. The Bertz CT molecular complexity index is 409. The zero-order valence-corrected chi connectivity index (χ0v) is 12.7. The number of methoxy groups -OCH3 is 2. The Morgan fingerprint density at radius 1 is 1.19 bits per heavy atom. The van der Waals surface area contributed by atoms with Crippen LogP contribution >= 0.6 is 0 Å². The van der Waals surface area contributed by atoms with Gasteiger partial charge in [-0.25, -0.2) is 0 Å². The monoisotopic (exact) mass is 296 g/mol. The average Bonchev–Trinajstić information content (AvgIpc) is 2.52. The molecule has 6 heteroatoms. The molecule has 118 valence electrons. The number of hydrogen-bond acceptors (Lipinski definition) is 5. The molecule has 1 amide bonds. The van der Waals surface area contributed by atoms with E-state index in [4.69, 9.17) is 19.9 Å². The van der Waals surface area contributed by atoms with Gasteiger partial charge in [0.05, 0.1) is 20.3 Å². The van der Waals surface area contributed by atoms with Gasteiger partial charge in [0.15, 0.2) is 0 Å². The van der Waals surface area contributed by atoms with Crippen molar-refractivity contribution in [2.75, 3.05) is 52.0 Å². The minimum Gasteiger partial charge on any atom is -0.497 e. The topological polar surface area (TPSA) is 74.0 Å². The lowest BCUT2D eigenvalue weighted by molar-refractivity contribution is -0.123. The Kier molecular flexibility index (Phi) is 8.42. The van der Waals surface area contributed by atoms with E-state index in [0.717, 1.165) is 17.9 Å². The Morgan fingerprint density at radius 2 is 1.90 bits per heavy atom. The van der Waals surface area contributed by atoms with Gasteiger partial charge < -0.3 is 24.8 Å². The van der Waals surface area contributed by atoms with E-state index in [1.807, 2.05) is 24.3 Å². The Labute approximate surface area is 125 Å². The molecule has 0 fully saturated rings. The summed E-state index contributed by atoms with van der Waals surface area (Å²) in [6.07, 6.45) is 0.732. The van der Waals surface area contributed by atoms with Crippen LogP contribution in [0.3, 0.4) is 0 Å². The molecule has 0 unspecified atom stereocenters. The number of hydrogen-bond donors (Lipinski definition) is 1. The van der Waals surface area contributed by atoms with Gasteiger partial charge in [-0.3, -0.25) is 4.79 Å². The maximum atomic E-state index is 12.3. The third-order valence-electron chi connectivity index (χ3n) is 2.93.